The normalized spacial score (nSPS) is 14.5. The summed E-state index contributed by atoms with van der Waals surface area (Å²) in [5.74, 6) is 0.599. The fourth-order valence-corrected chi connectivity index (χ4v) is 2.40. The molecule has 0 unspecified atom stereocenters. The average Bonchev–Trinajstić information content (AvgIpc) is 2.58. The molecule has 2 aromatic carbocycles. The second-order valence-electron chi connectivity index (χ2n) is 5.44. The maximum Gasteiger partial charge on any atom is 0.242 e. The topological polar surface area (TPSA) is 58.6 Å². The van der Waals surface area contributed by atoms with Crippen LogP contribution in [0.15, 0.2) is 54.6 Å². The number of hydrogen-bond donors (Lipinski definition) is 1. The lowest BCUT2D eigenvalue weighted by atomic mass is 10.2. The molecule has 0 saturated carbocycles. The van der Waals surface area contributed by atoms with Crippen molar-refractivity contribution in [2.24, 2.45) is 0 Å². The van der Waals surface area contributed by atoms with E-state index in [9.17, 15) is 9.59 Å². The minimum absolute atomic E-state index is 0.0611. The predicted molar refractivity (Wildman–Crippen MR) is 85.6 cm³/mol. The van der Waals surface area contributed by atoms with Crippen molar-refractivity contribution in [1.29, 1.82) is 0 Å². The number of benzene rings is 2. The molecule has 23 heavy (non-hydrogen) atoms. The molecule has 2 aromatic rings. The zero-order valence-corrected chi connectivity index (χ0v) is 12.7. The van der Waals surface area contributed by atoms with Crippen LogP contribution in [0.25, 0.3) is 0 Å². The third-order valence-corrected chi connectivity index (χ3v) is 3.67. The Bertz CT molecular complexity index is 683. The average molecular weight is 310 g/mol. The number of nitrogens with zero attached hydrogens (tertiary/aromatic N) is 1. The first-order valence-corrected chi connectivity index (χ1v) is 7.51. The van der Waals surface area contributed by atoms with Gasteiger partial charge in [-0.15, -0.1) is 0 Å². The highest BCUT2D eigenvalue weighted by molar-refractivity contribution is 5.92. The minimum Gasteiger partial charge on any atom is -0.489 e. The quantitative estimate of drug-likeness (QED) is 0.915. The largest absolute Gasteiger partial charge is 0.489 e. The molecule has 1 aliphatic heterocycles. The molecule has 0 bridgehead atoms. The van der Waals surface area contributed by atoms with Crippen LogP contribution in [-0.2, 0) is 22.7 Å². The van der Waals surface area contributed by atoms with Crippen molar-refractivity contribution in [2.45, 2.75) is 13.2 Å². The Morgan fingerprint density at radius 1 is 0.957 bits per heavy atom. The predicted octanol–water partition coefficient (Wildman–Crippen LogP) is 1.72. The molecule has 2 amide bonds. The highest BCUT2D eigenvalue weighted by Gasteiger charge is 2.22. The van der Waals surface area contributed by atoms with E-state index in [1.165, 1.54) is 0 Å². The third kappa shape index (κ3) is 4.10. The van der Waals surface area contributed by atoms with Gasteiger partial charge in [0.2, 0.25) is 11.8 Å². The monoisotopic (exact) mass is 310 g/mol. The van der Waals surface area contributed by atoms with Gasteiger partial charge in [0.25, 0.3) is 0 Å². The Hall–Kier alpha value is -2.82. The summed E-state index contributed by atoms with van der Waals surface area (Å²) in [4.78, 5) is 24.7. The van der Waals surface area contributed by atoms with Gasteiger partial charge < -0.3 is 15.0 Å². The lowest BCUT2D eigenvalue weighted by Gasteiger charge is -2.26. The lowest BCUT2D eigenvalue weighted by Crippen LogP contribution is -2.50. The summed E-state index contributed by atoms with van der Waals surface area (Å²) in [6, 6.07) is 17.6. The molecule has 0 spiro atoms. The molecule has 1 aliphatic rings. The first-order chi connectivity index (χ1) is 11.2. The Labute approximate surface area is 134 Å². The number of hydrogen-bond acceptors (Lipinski definition) is 3. The zero-order chi connectivity index (χ0) is 16.1. The van der Waals surface area contributed by atoms with Gasteiger partial charge in [-0.05, 0) is 23.3 Å². The standard InChI is InChI=1S/C18H18N2O3/c21-17-12-20(18(22)10-19-17)11-14-6-8-16(9-7-14)23-13-15-4-2-1-3-5-15/h1-9H,10-13H2,(H,19,21). The Morgan fingerprint density at radius 2 is 1.70 bits per heavy atom. The van der Waals surface area contributed by atoms with Crippen molar-refractivity contribution in [3.8, 4) is 5.75 Å². The first-order valence-electron chi connectivity index (χ1n) is 7.51. The van der Waals surface area contributed by atoms with Gasteiger partial charge in [-0.25, -0.2) is 0 Å². The fourth-order valence-electron chi connectivity index (χ4n) is 2.40. The molecule has 0 aromatic heterocycles. The van der Waals surface area contributed by atoms with Crippen LogP contribution in [0.2, 0.25) is 0 Å². The van der Waals surface area contributed by atoms with Crippen molar-refractivity contribution in [3.05, 3.63) is 65.7 Å². The molecule has 1 heterocycles. The van der Waals surface area contributed by atoms with Crippen molar-refractivity contribution >= 4 is 11.8 Å². The van der Waals surface area contributed by atoms with E-state index in [1.807, 2.05) is 54.6 Å². The van der Waals surface area contributed by atoms with Gasteiger partial charge in [0.15, 0.2) is 0 Å². The van der Waals surface area contributed by atoms with E-state index >= 15 is 0 Å². The summed E-state index contributed by atoms with van der Waals surface area (Å²) in [6.45, 7) is 1.15. The molecule has 1 fully saturated rings. The molecule has 1 N–H and O–H groups in total. The van der Waals surface area contributed by atoms with E-state index in [1.54, 1.807) is 4.90 Å². The van der Waals surface area contributed by atoms with Crippen LogP contribution in [0.4, 0.5) is 0 Å². The summed E-state index contributed by atoms with van der Waals surface area (Å²) >= 11 is 0. The van der Waals surface area contributed by atoms with Crippen LogP contribution in [0.5, 0.6) is 5.75 Å². The van der Waals surface area contributed by atoms with Crippen LogP contribution in [0, 0.1) is 0 Å². The number of ether oxygens (including phenoxy) is 1. The zero-order valence-electron chi connectivity index (χ0n) is 12.7. The second kappa shape index (κ2) is 6.96. The summed E-state index contributed by atoms with van der Waals surface area (Å²) in [5.41, 5.74) is 2.08. The molecule has 3 rings (SSSR count). The van der Waals surface area contributed by atoms with Gasteiger partial charge in [0.1, 0.15) is 12.4 Å². The highest BCUT2D eigenvalue weighted by Crippen LogP contribution is 2.16. The number of carbonyl (C=O) groups excluding carboxylic acids is 2. The second-order valence-corrected chi connectivity index (χ2v) is 5.44. The fraction of sp³-hybridized carbons (Fsp3) is 0.222. The molecule has 0 aliphatic carbocycles. The van der Waals surface area contributed by atoms with Crippen molar-refractivity contribution < 1.29 is 14.3 Å². The minimum atomic E-state index is -0.118. The van der Waals surface area contributed by atoms with Crippen LogP contribution in [0.1, 0.15) is 11.1 Å². The summed E-state index contributed by atoms with van der Waals surface area (Å²) < 4.78 is 5.73. The summed E-state index contributed by atoms with van der Waals surface area (Å²) in [5, 5.41) is 2.54. The maximum atomic E-state index is 11.8. The van der Waals surface area contributed by atoms with Gasteiger partial charge in [-0.3, -0.25) is 9.59 Å². The van der Waals surface area contributed by atoms with E-state index in [4.69, 9.17) is 4.74 Å². The van der Waals surface area contributed by atoms with Crippen LogP contribution in [-0.4, -0.2) is 29.8 Å². The van der Waals surface area contributed by atoms with Crippen LogP contribution in [0.3, 0.4) is 0 Å². The van der Waals surface area contributed by atoms with Crippen LogP contribution >= 0.6 is 0 Å². The lowest BCUT2D eigenvalue weighted by molar-refractivity contribution is -0.141. The van der Waals surface area contributed by atoms with Gasteiger partial charge in [0, 0.05) is 6.54 Å². The number of piperazine rings is 1. The van der Waals surface area contributed by atoms with Gasteiger partial charge in [-0.2, -0.15) is 0 Å². The smallest absolute Gasteiger partial charge is 0.242 e. The van der Waals surface area contributed by atoms with E-state index < -0.39 is 0 Å². The van der Waals surface area contributed by atoms with Crippen molar-refractivity contribution in [1.82, 2.24) is 10.2 Å². The number of amides is 2. The Balaban J connectivity index is 1.56. The highest BCUT2D eigenvalue weighted by atomic mass is 16.5. The van der Waals surface area contributed by atoms with Crippen molar-refractivity contribution in [3.63, 3.8) is 0 Å². The summed E-state index contributed by atoms with van der Waals surface area (Å²) in [6.07, 6.45) is 0. The van der Waals surface area contributed by atoms with Gasteiger partial charge >= 0.3 is 0 Å². The Morgan fingerprint density at radius 3 is 2.43 bits per heavy atom. The van der Waals surface area contributed by atoms with Gasteiger partial charge in [0.05, 0.1) is 13.1 Å². The molecular formula is C18H18N2O3. The van der Waals surface area contributed by atoms with E-state index in [-0.39, 0.29) is 24.9 Å². The van der Waals surface area contributed by atoms with E-state index in [0.717, 1.165) is 16.9 Å². The van der Waals surface area contributed by atoms with Crippen molar-refractivity contribution in [2.75, 3.05) is 13.1 Å². The summed E-state index contributed by atoms with van der Waals surface area (Å²) in [7, 11) is 0. The maximum absolute atomic E-state index is 11.8. The first kappa shape index (κ1) is 15.1. The Kier molecular flexibility index (Phi) is 4.57. The number of carbonyl (C=O) groups is 2. The molecule has 5 heteroatoms. The van der Waals surface area contributed by atoms with E-state index in [2.05, 4.69) is 5.32 Å². The van der Waals surface area contributed by atoms with Gasteiger partial charge in [-0.1, -0.05) is 42.5 Å². The molecule has 0 atom stereocenters. The SMILES string of the molecule is O=C1CN(Cc2ccc(OCc3ccccc3)cc2)C(=O)CN1. The number of nitrogens with one attached hydrogen (secondary N) is 1. The number of rotatable bonds is 5. The van der Waals surface area contributed by atoms with E-state index in [0.29, 0.717) is 13.2 Å². The molecular weight excluding hydrogens is 292 g/mol. The molecule has 118 valence electrons. The van der Waals surface area contributed by atoms with Crippen LogP contribution < -0.4 is 10.1 Å². The molecule has 1 saturated heterocycles. The molecule has 5 nitrogen and oxygen atoms in total. The molecule has 0 radical (unpaired) electrons. The third-order valence-electron chi connectivity index (χ3n) is 3.67.